The lowest BCUT2D eigenvalue weighted by Crippen LogP contribution is -2.14. The molecular weight excluding hydrogens is 213 g/mol. The van der Waals surface area contributed by atoms with Crippen LogP contribution >= 0.6 is 11.3 Å². The van der Waals surface area contributed by atoms with Crippen molar-refractivity contribution in [1.29, 1.82) is 5.26 Å². The van der Waals surface area contributed by atoms with Crippen molar-refractivity contribution >= 4 is 11.3 Å². The lowest BCUT2D eigenvalue weighted by atomic mass is 10.1. The maximum Gasteiger partial charge on any atom is 0.417 e. The van der Waals surface area contributed by atoms with Crippen molar-refractivity contribution in [2.45, 2.75) is 18.6 Å². The highest BCUT2D eigenvalue weighted by molar-refractivity contribution is 7.10. The van der Waals surface area contributed by atoms with Crippen molar-refractivity contribution in [2.24, 2.45) is 5.73 Å². The molecule has 1 atom stereocenters. The van der Waals surface area contributed by atoms with E-state index in [1.807, 2.05) is 0 Å². The maximum atomic E-state index is 12.4. The molecule has 0 aromatic carbocycles. The molecule has 0 aliphatic heterocycles. The third-order valence-electron chi connectivity index (χ3n) is 1.65. The molecule has 0 aliphatic rings. The third-order valence-corrected chi connectivity index (χ3v) is 2.70. The van der Waals surface area contributed by atoms with Crippen molar-refractivity contribution in [2.75, 3.05) is 0 Å². The molecule has 76 valence electrons. The van der Waals surface area contributed by atoms with E-state index in [1.165, 1.54) is 5.38 Å². The molecule has 0 aliphatic carbocycles. The molecule has 0 radical (unpaired) electrons. The van der Waals surface area contributed by atoms with Crippen LogP contribution in [-0.4, -0.2) is 0 Å². The Hall–Kier alpha value is -1.06. The number of nitrogens with zero attached hydrogens (tertiary/aromatic N) is 1. The van der Waals surface area contributed by atoms with E-state index < -0.39 is 17.8 Å². The fourth-order valence-electron chi connectivity index (χ4n) is 1.03. The summed E-state index contributed by atoms with van der Waals surface area (Å²) in [4.78, 5) is 0.0269. The van der Waals surface area contributed by atoms with Crippen molar-refractivity contribution in [3.05, 3.63) is 21.9 Å². The molecule has 1 unspecified atom stereocenters. The number of hydrogen-bond acceptors (Lipinski definition) is 3. The van der Waals surface area contributed by atoms with Gasteiger partial charge in [-0.1, -0.05) is 0 Å². The van der Waals surface area contributed by atoms with Gasteiger partial charge in [-0.2, -0.15) is 18.4 Å². The summed E-state index contributed by atoms with van der Waals surface area (Å²) in [5, 5.41) is 9.65. The van der Waals surface area contributed by atoms with Crippen LogP contribution < -0.4 is 5.73 Å². The van der Waals surface area contributed by atoms with E-state index in [0.29, 0.717) is 0 Å². The molecule has 14 heavy (non-hydrogen) atoms. The van der Waals surface area contributed by atoms with Gasteiger partial charge in [0.15, 0.2) is 0 Å². The summed E-state index contributed by atoms with van der Waals surface area (Å²) in [6, 6.07) is 1.88. The van der Waals surface area contributed by atoms with Gasteiger partial charge in [0.1, 0.15) is 0 Å². The minimum atomic E-state index is -4.39. The first-order valence-electron chi connectivity index (χ1n) is 3.74. The number of hydrogen-bond donors (Lipinski definition) is 1. The Morgan fingerprint density at radius 1 is 1.57 bits per heavy atom. The van der Waals surface area contributed by atoms with Gasteiger partial charge in [-0.3, -0.25) is 0 Å². The molecule has 1 rings (SSSR count). The first kappa shape index (κ1) is 11.0. The molecule has 1 aromatic rings. The number of alkyl halides is 3. The molecule has 0 saturated carbocycles. The van der Waals surface area contributed by atoms with Crippen molar-refractivity contribution in [3.8, 4) is 6.07 Å². The van der Waals surface area contributed by atoms with E-state index in [4.69, 9.17) is 11.0 Å². The second kappa shape index (κ2) is 3.98. The smallest absolute Gasteiger partial charge is 0.322 e. The predicted octanol–water partition coefficient (Wildman–Crippen LogP) is 2.68. The van der Waals surface area contributed by atoms with Crippen LogP contribution in [0.15, 0.2) is 11.4 Å². The van der Waals surface area contributed by atoms with Gasteiger partial charge >= 0.3 is 6.18 Å². The van der Waals surface area contributed by atoms with Crippen LogP contribution in [0.25, 0.3) is 0 Å². The summed E-state index contributed by atoms with van der Waals surface area (Å²) < 4.78 is 37.1. The Morgan fingerprint density at radius 2 is 2.21 bits per heavy atom. The molecule has 2 N–H and O–H groups in total. The number of thiophene rings is 1. The van der Waals surface area contributed by atoms with Crippen LogP contribution in [0.4, 0.5) is 13.2 Å². The van der Waals surface area contributed by atoms with Crippen LogP contribution in [0, 0.1) is 11.3 Å². The molecule has 1 heterocycles. The summed E-state index contributed by atoms with van der Waals surface area (Å²) in [6.45, 7) is 0. The van der Waals surface area contributed by atoms with Crippen molar-refractivity contribution < 1.29 is 13.2 Å². The highest BCUT2D eigenvalue weighted by Crippen LogP contribution is 2.37. The summed E-state index contributed by atoms with van der Waals surface area (Å²) >= 11 is 0.928. The Bertz CT molecular complexity index is 350. The highest BCUT2D eigenvalue weighted by atomic mass is 32.1. The van der Waals surface area contributed by atoms with Gasteiger partial charge < -0.3 is 5.73 Å². The van der Waals surface area contributed by atoms with Crippen LogP contribution in [0.1, 0.15) is 22.9 Å². The SMILES string of the molecule is N#CCC(N)c1sccc1C(F)(F)F. The van der Waals surface area contributed by atoms with Gasteiger partial charge in [0.25, 0.3) is 0 Å². The quantitative estimate of drug-likeness (QED) is 0.832. The van der Waals surface area contributed by atoms with Gasteiger partial charge in [-0.15, -0.1) is 11.3 Å². The topological polar surface area (TPSA) is 49.8 Å². The Morgan fingerprint density at radius 3 is 2.71 bits per heavy atom. The van der Waals surface area contributed by atoms with Gasteiger partial charge in [0, 0.05) is 4.88 Å². The van der Waals surface area contributed by atoms with Crippen LogP contribution in [0.5, 0.6) is 0 Å². The summed E-state index contributed by atoms with van der Waals surface area (Å²) in [6.07, 6.45) is -4.49. The first-order valence-corrected chi connectivity index (χ1v) is 4.62. The molecule has 0 fully saturated rings. The highest BCUT2D eigenvalue weighted by Gasteiger charge is 2.35. The molecule has 2 nitrogen and oxygen atoms in total. The summed E-state index contributed by atoms with van der Waals surface area (Å²) in [7, 11) is 0. The normalized spacial score (nSPS) is 13.6. The van der Waals surface area contributed by atoms with Gasteiger partial charge in [-0.05, 0) is 11.4 Å². The van der Waals surface area contributed by atoms with E-state index in [9.17, 15) is 13.2 Å². The lowest BCUT2D eigenvalue weighted by molar-refractivity contribution is -0.138. The summed E-state index contributed by atoms with van der Waals surface area (Å²) in [5.41, 5.74) is 4.70. The monoisotopic (exact) mass is 220 g/mol. The Kier molecular flexibility index (Phi) is 3.13. The lowest BCUT2D eigenvalue weighted by Gasteiger charge is -2.11. The van der Waals surface area contributed by atoms with E-state index in [1.54, 1.807) is 6.07 Å². The zero-order valence-corrected chi connectivity index (χ0v) is 7.82. The minimum Gasteiger partial charge on any atom is -0.322 e. The van der Waals surface area contributed by atoms with Crippen LogP contribution in [0.3, 0.4) is 0 Å². The molecule has 0 bridgehead atoms. The maximum absolute atomic E-state index is 12.4. The van der Waals surface area contributed by atoms with Crippen molar-refractivity contribution in [3.63, 3.8) is 0 Å². The summed E-state index contributed by atoms with van der Waals surface area (Å²) in [5.74, 6) is 0. The van der Waals surface area contributed by atoms with Gasteiger partial charge in [0.05, 0.1) is 24.1 Å². The average Bonchev–Trinajstić information content (AvgIpc) is 2.50. The molecule has 0 amide bonds. The average molecular weight is 220 g/mol. The number of nitriles is 1. The first-order chi connectivity index (χ1) is 6.46. The van der Waals surface area contributed by atoms with Gasteiger partial charge in [-0.25, -0.2) is 0 Å². The number of rotatable bonds is 2. The van der Waals surface area contributed by atoms with E-state index in [0.717, 1.165) is 17.4 Å². The van der Waals surface area contributed by atoms with Crippen LogP contribution in [-0.2, 0) is 6.18 Å². The van der Waals surface area contributed by atoms with Crippen molar-refractivity contribution in [1.82, 2.24) is 0 Å². The standard InChI is InChI=1S/C8H7F3N2S/c9-8(10,11)5-2-4-14-7(5)6(13)1-3-12/h2,4,6H,1,13H2. The molecular formula is C8H7F3N2S. The Balaban J connectivity index is 3.00. The third kappa shape index (κ3) is 2.25. The van der Waals surface area contributed by atoms with Gasteiger partial charge in [0.2, 0.25) is 0 Å². The predicted molar refractivity (Wildman–Crippen MR) is 46.5 cm³/mol. The molecule has 0 saturated heterocycles. The second-order valence-corrected chi connectivity index (χ2v) is 3.61. The molecule has 6 heteroatoms. The molecule has 0 spiro atoms. The minimum absolute atomic E-state index is 0.0269. The van der Waals surface area contributed by atoms with E-state index >= 15 is 0 Å². The Labute approximate surface area is 82.8 Å². The zero-order chi connectivity index (χ0) is 10.8. The van der Waals surface area contributed by atoms with Crippen LogP contribution in [0.2, 0.25) is 0 Å². The largest absolute Gasteiger partial charge is 0.417 e. The zero-order valence-electron chi connectivity index (χ0n) is 7.01. The fraction of sp³-hybridized carbons (Fsp3) is 0.375. The number of halogens is 3. The second-order valence-electron chi connectivity index (χ2n) is 2.67. The van der Waals surface area contributed by atoms with E-state index in [-0.39, 0.29) is 11.3 Å². The van der Waals surface area contributed by atoms with E-state index in [2.05, 4.69) is 0 Å². The fourth-order valence-corrected chi connectivity index (χ4v) is 1.95. The molecule has 1 aromatic heterocycles. The number of nitrogens with two attached hydrogens (primary N) is 1.